The number of carbonyl (C=O) groups excluding carboxylic acids is 1. The molecule has 1 atom stereocenters. The van der Waals surface area contributed by atoms with Gasteiger partial charge in [-0.3, -0.25) is 4.79 Å². The number of amides is 1. The van der Waals surface area contributed by atoms with Crippen LogP contribution in [0, 0.1) is 0 Å². The molecular formula is C23H27NO3S. The minimum atomic E-state index is 0.0959. The lowest BCUT2D eigenvalue weighted by Gasteiger charge is -2.22. The molecule has 0 saturated carbocycles. The van der Waals surface area contributed by atoms with Crippen LogP contribution in [0.15, 0.2) is 42.5 Å². The summed E-state index contributed by atoms with van der Waals surface area (Å²) in [7, 11) is 0. The van der Waals surface area contributed by atoms with Gasteiger partial charge in [-0.25, -0.2) is 0 Å². The molecule has 4 rings (SSSR count). The summed E-state index contributed by atoms with van der Waals surface area (Å²) in [5.41, 5.74) is 3.37. The first-order valence-electron chi connectivity index (χ1n) is 9.83. The molecule has 2 aromatic carbocycles. The average Bonchev–Trinajstić information content (AvgIpc) is 3.01. The first kappa shape index (κ1) is 19.2. The fraction of sp³-hybridized carbons (Fsp3) is 0.435. The van der Waals surface area contributed by atoms with Crippen molar-refractivity contribution >= 4 is 17.7 Å². The highest BCUT2D eigenvalue weighted by molar-refractivity contribution is 7.99. The molecule has 0 aliphatic carbocycles. The molecule has 0 spiro atoms. The lowest BCUT2D eigenvalue weighted by atomic mass is 9.86. The quantitative estimate of drug-likeness (QED) is 0.712. The Labute approximate surface area is 171 Å². The van der Waals surface area contributed by atoms with Crippen LogP contribution in [0.4, 0.5) is 0 Å². The smallest absolute Gasteiger partial charge is 0.253 e. The van der Waals surface area contributed by atoms with Gasteiger partial charge in [0.05, 0.1) is 0 Å². The Kier molecular flexibility index (Phi) is 5.28. The Hall–Kier alpha value is -2.14. The zero-order valence-corrected chi connectivity index (χ0v) is 17.6. The van der Waals surface area contributed by atoms with Crippen LogP contribution in [0.5, 0.6) is 11.5 Å². The normalized spacial score (nSPS) is 19.4. The summed E-state index contributed by atoms with van der Waals surface area (Å²) in [5, 5.41) is 0.371. The predicted molar refractivity (Wildman–Crippen MR) is 113 cm³/mol. The van der Waals surface area contributed by atoms with E-state index in [9.17, 15) is 4.79 Å². The number of hydrogen-bond acceptors (Lipinski definition) is 4. The van der Waals surface area contributed by atoms with Crippen molar-refractivity contribution in [3.8, 4) is 11.5 Å². The third kappa shape index (κ3) is 4.00. The van der Waals surface area contributed by atoms with E-state index in [1.807, 2.05) is 34.9 Å². The first-order valence-corrected chi connectivity index (χ1v) is 10.9. The van der Waals surface area contributed by atoms with E-state index in [1.54, 1.807) is 0 Å². The van der Waals surface area contributed by atoms with Crippen LogP contribution in [-0.4, -0.2) is 36.4 Å². The highest BCUT2D eigenvalue weighted by atomic mass is 32.2. The maximum Gasteiger partial charge on any atom is 0.253 e. The van der Waals surface area contributed by atoms with Gasteiger partial charge in [0.25, 0.3) is 5.91 Å². The van der Waals surface area contributed by atoms with Gasteiger partial charge >= 0.3 is 0 Å². The minimum absolute atomic E-state index is 0.0959. The Morgan fingerprint density at radius 3 is 2.54 bits per heavy atom. The summed E-state index contributed by atoms with van der Waals surface area (Å²) < 4.78 is 10.9. The molecular weight excluding hydrogens is 370 g/mol. The average molecular weight is 398 g/mol. The molecule has 5 heteroatoms. The second-order valence-electron chi connectivity index (χ2n) is 8.38. The number of rotatable bonds is 2. The van der Waals surface area contributed by atoms with E-state index in [4.69, 9.17) is 9.47 Å². The van der Waals surface area contributed by atoms with Crippen LogP contribution in [0.3, 0.4) is 0 Å². The second kappa shape index (κ2) is 7.70. The molecule has 2 aromatic rings. The highest BCUT2D eigenvalue weighted by Gasteiger charge is 2.25. The van der Waals surface area contributed by atoms with E-state index in [1.165, 1.54) is 11.1 Å². The summed E-state index contributed by atoms with van der Waals surface area (Å²) in [6.07, 6.45) is 0.941. The van der Waals surface area contributed by atoms with Crippen molar-refractivity contribution in [2.24, 2.45) is 0 Å². The zero-order valence-electron chi connectivity index (χ0n) is 16.7. The molecule has 0 radical (unpaired) electrons. The number of hydrogen-bond donors (Lipinski definition) is 0. The lowest BCUT2D eigenvalue weighted by Crippen LogP contribution is -2.33. The molecule has 1 saturated heterocycles. The van der Waals surface area contributed by atoms with Gasteiger partial charge in [0.2, 0.25) is 6.79 Å². The SMILES string of the molecule is CC(C)(C)c1ccc(C(=O)N2CCSC(c3ccc4c(c3)OCO4)CC2)cc1. The minimum Gasteiger partial charge on any atom is -0.454 e. The lowest BCUT2D eigenvalue weighted by molar-refractivity contribution is 0.0766. The Morgan fingerprint density at radius 2 is 1.79 bits per heavy atom. The first-order chi connectivity index (χ1) is 13.4. The third-order valence-electron chi connectivity index (χ3n) is 5.39. The van der Waals surface area contributed by atoms with Crippen LogP contribution >= 0.6 is 11.8 Å². The zero-order chi connectivity index (χ0) is 19.7. The van der Waals surface area contributed by atoms with Crippen molar-refractivity contribution in [1.82, 2.24) is 4.90 Å². The van der Waals surface area contributed by atoms with Gasteiger partial charge in [-0.1, -0.05) is 39.0 Å². The van der Waals surface area contributed by atoms with E-state index in [0.717, 1.165) is 42.3 Å². The van der Waals surface area contributed by atoms with E-state index >= 15 is 0 Å². The molecule has 2 aliphatic rings. The monoisotopic (exact) mass is 397 g/mol. The topological polar surface area (TPSA) is 38.8 Å². The maximum absolute atomic E-state index is 13.0. The fourth-order valence-electron chi connectivity index (χ4n) is 3.65. The van der Waals surface area contributed by atoms with Gasteiger partial charge in [0.1, 0.15) is 0 Å². The number of carbonyl (C=O) groups is 1. The van der Waals surface area contributed by atoms with Crippen LogP contribution in [0.25, 0.3) is 0 Å². The van der Waals surface area contributed by atoms with E-state index < -0.39 is 0 Å². The van der Waals surface area contributed by atoms with Crippen molar-refractivity contribution in [1.29, 1.82) is 0 Å². The highest BCUT2D eigenvalue weighted by Crippen LogP contribution is 2.40. The molecule has 28 heavy (non-hydrogen) atoms. The molecule has 1 amide bonds. The number of nitrogens with zero attached hydrogens (tertiary/aromatic N) is 1. The molecule has 2 heterocycles. The summed E-state index contributed by atoms with van der Waals surface area (Å²) in [6.45, 7) is 8.41. The van der Waals surface area contributed by atoms with Gasteiger partial charge in [-0.2, -0.15) is 11.8 Å². The summed E-state index contributed by atoms with van der Waals surface area (Å²) in [5.74, 6) is 2.71. The molecule has 0 bridgehead atoms. The third-order valence-corrected chi connectivity index (χ3v) is 6.72. The van der Waals surface area contributed by atoms with Crippen molar-refractivity contribution < 1.29 is 14.3 Å². The predicted octanol–water partition coefficient (Wildman–Crippen LogP) is 5.03. The molecule has 0 aromatic heterocycles. The van der Waals surface area contributed by atoms with E-state index in [2.05, 4.69) is 45.0 Å². The second-order valence-corrected chi connectivity index (χ2v) is 9.69. The largest absolute Gasteiger partial charge is 0.454 e. The van der Waals surface area contributed by atoms with Gasteiger partial charge in [-0.05, 0) is 47.2 Å². The Balaban J connectivity index is 1.43. The number of fused-ring (bicyclic) bond motifs is 1. The van der Waals surface area contributed by atoms with Crippen molar-refractivity contribution in [2.45, 2.75) is 37.9 Å². The number of benzene rings is 2. The van der Waals surface area contributed by atoms with Crippen molar-refractivity contribution in [3.05, 3.63) is 59.2 Å². The van der Waals surface area contributed by atoms with Gasteiger partial charge in [0, 0.05) is 29.7 Å². The standard InChI is InChI=1S/C23H27NO3S/c1-23(2,3)18-7-4-16(5-8-18)22(25)24-11-10-21(28-13-12-24)17-6-9-19-20(14-17)27-15-26-19/h4-9,14,21H,10-13,15H2,1-3H3. The fourth-order valence-corrected chi connectivity index (χ4v) is 4.87. The summed E-state index contributed by atoms with van der Waals surface area (Å²) >= 11 is 1.91. The van der Waals surface area contributed by atoms with Gasteiger partial charge < -0.3 is 14.4 Å². The molecule has 1 fully saturated rings. The van der Waals surface area contributed by atoms with E-state index in [0.29, 0.717) is 12.0 Å². The Morgan fingerprint density at radius 1 is 1.04 bits per heavy atom. The Bertz CT molecular complexity index is 857. The summed E-state index contributed by atoms with van der Waals surface area (Å²) in [6, 6.07) is 14.3. The molecule has 2 aliphatic heterocycles. The van der Waals surface area contributed by atoms with E-state index in [-0.39, 0.29) is 11.3 Å². The molecule has 1 unspecified atom stereocenters. The van der Waals surface area contributed by atoms with Crippen molar-refractivity contribution in [2.75, 3.05) is 25.6 Å². The number of thioether (sulfide) groups is 1. The number of ether oxygens (including phenoxy) is 2. The van der Waals surface area contributed by atoms with Gasteiger partial charge in [0.15, 0.2) is 11.5 Å². The van der Waals surface area contributed by atoms with Crippen LogP contribution in [-0.2, 0) is 5.41 Å². The molecule has 4 nitrogen and oxygen atoms in total. The van der Waals surface area contributed by atoms with Crippen LogP contribution < -0.4 is 9.47 Å². The van der Waals surface area contributed by atoms with Crippen LogP contribution in [0.2, 0.25) is 0 Å². The molecule has 148 valence electrons. The summed E-state index contributed by atoms with van der Waals surface area (Å²) in [4.78, 5) is 15.0. The van der Waals surface area contributed by atoms with Crippen molar-refractivity contribution in [3.63, 3.8) is 0 Å². The van der Waals surface area contributed by atoms with Gasteiger partial charge in [-0.15, -0.1) is 0 Å². The molecule has 0 N–H and O–H groups in total. The van der Waals surface area contributed by atoms with Crippen LogP contribution in [0.1, 0.15) is 53.9 Å². The maximum atomic E-state index is 13.0.